The van der Waals surface area contributed by atoms with Crippen molar-refractivity contribution in [1.82, 2.24) is 10.3 Å². The fourth-order valence-electron chi connectivity index (χ4n) is 1.96. The summed E-state index contributed by atoms with van der Waals surface area (Å²) in [7, 11) is 0. The molecule has 1 heterocycles. The summed E-state index contributed by atoms with van der Waals surface area (Å²) in [6.07, 6.45) is 5.03. The van der Waals surface area contributed by atoms with Crippen LogP contribution in [0.4, 0.5) is 5.69 Å². The van der Waals surface area contributed by atoms with Crippen molar-refractivity contribution in [3.05, 3.63) is 24.0 Å². The summed E-state index contributed by atoms with van der Waals surface area (Å²) in [5, 5.41) is 2.96. The van der Waals surface area contributed by atoms with Gasteiger partial charge in [-0.1, -0.05) is 13.3 Å². The van der Waals surface area contributed by atoms with Gasteiger partial charge in [0.1, 0.15) is 0 Å². The summed E-state index contributed by atoms with van der Waals surface area (Å²) in [5.41, 5.74) is 6.46. The molecule has 2 unspecified atom stereocenters. The first-order valence-corrected chi connectivity index (χ1v) is 5.73. The van der Waals surface area contributed by atoms with Crippen molar-refractivity contribution in [3.8, 4) is 0 Å². The van der Waals surface area contributed by atoms with Crippen LogP contribution in [-0.4, -0.2) is 16.9 Å². The summed E-state index contributed by atoms with van der Waals surface area (Å²) in [6, 6.07) is 3.75. The first-order valence-electron chi connectivity index (χ1n) is 5.73. The van der Waals surface area contributed by atoms with Crippen molar-refractivity contribution in [2.24, 2.45) is 5.92 Å². The highest BCUT2D eigenvalue weighted by molar-refractivity contribution is 5.97. The number of hydrogen-bond acceptors (Lipinski definition) is 3. The second-order valence-corrected chi connectivity index (χ2v) is 4.31. The summed E-state index contributed by atoms with van der Waals surface area (Å²) in [4.78, 5) is 15.8. The molecular formula is C12H17N3O. The van der Waals surface area contributed by atoms with E-state index < -0.39 is 0 Å². The lowest BCUT2D eigenvalue weighted by atomic mass is 10.2. The van der Waals surface area contributed by atoms with Gasteiger partial charge in [-0.3, -0.25) is 4.79 Å². The lowest BCUT2D eigenvalue weighted by molar-refractivity contribution is 0.0945. The molecule has 0 spiro atoms. The Hall–Kier alpha value is -1.58. The Morgan fingerprint density at radius 2 is 2.50 bits per heavy atom. The highest BCUT2D eigenvalue weighted by atomic mass is 16.2. The third-order valence-electron chi connectivity index (χ3n) is 2.95. The highest BCUT2D eigenvalue weighted by Crippen LogP contribution is 2.34. The van der Waals surface area contributed by atoms with E-state index in [1.807, 2.05) is 0 Å². The minimum Gasteiger partial charge on any atom is -0.397 e. The molecule has 0 aromatic carbocycles. The van der Waals surface area contributed by atoms with Gasteiger partial charge in [0.2, 0.25) is 0 Å². The van der Waals surface area contributed by atoms with E-state index >= 15 is 0 Å². The zero-order chi connectivity index (χ0) is 11.5. The molecule has 4 heteroatoms. The second kappa shape index (κ2) is 4.51. The van der Waals surface area contributed by atoms with Crippen LogP contribution in [0, 0.1) is 5.92 Å². The number of aromatic nitrogens is 1. The molecule has 1 aliphatic rings. The molecule has 0 bridgehead atoms. The molecule has 0 saturated heterocycles. The predicted octanol–water partition coefficient (Wildman–Crippen LogP) is 1.58. The van der Waals surface area contributed by atoms with E-state index in [9.17, 15) is 4.79 Å². The van der Waals surface area contributed by atoms with Crippen LogP contribution in [0.3, 0.4) is 0 Å². The van der Waals surface area contributed by atoms with Gasteiger partial charge in [0.15, 0.2) is 5.69 Å². The van der Waals surface area contributed by atoms with Crippen LogP contribution in [0.15, 0.2) is 18.3 Å². The normalized spacial score (nSPS) is 22.8. The molecule has 0 aliphatic heterocycles. The molecule has 1 aromatic heterocycles. The average molecular weight is 219 g/mol. The molecule has 3 N–H and O–H groups in total. The van der Waals surface area contributed by atoms with E-state index in [1.54, 1.807) is 18.3 Å². The van der Waals surface area contributed by atoms with Crippen molar-refractivity contribution >= 4 is 11.6 Å². The smallest absolute Gasteiger partial charge is 0.272 e. The van der Waals surface area contributed by atoms with Gasteiger partial charge in [0, 0.05) is 12.2 Å². The zero-order valence-electron chi connectivity index (χ0n) is 9.44. The fourth-order valence-corrected chi connectivity index (χ4v) is 1.96. The van der Waals surface area contributed by atoms with Crippen LogP contribution in [0.1, 0.15) is 36.7 Å². The number of hydrogen-bond donors (Lipinski definition) is 2. The Kier molecular flexibility index (Phi) is 3.08. The van der Waals surface area contributed by atoms with Crippen LogP contribution in [0.25, 0.3) is 0 Å². The van der Waals surface area contributed by atoms with E-state index in [-0.39, 0.29) is 5.91 Å². The minimum absolute atomic E-state index is 0.151. The quantitative estimate of drug-likeness (QED) is 0.808. The van der Waals surface area contributed by atoms with Gasteiger partial charge in [0.05, 0.1) is 5.69 Å². The van der Waals surface area contributed by atoms with Crippen LogP contribution < -0.4 is 11.1 Å². The SMILES string of the molecule is CCCC1CC1NC(=O)c1ncccc1N. The summed E-state index contributed by atoms with van der Waals surface area (Å²) >= 11 is 0. The molecule has 1 aliphatic carbocycles. The second-order valence-electron chi connectivity index (χ2n) is 4.31. The van der Waals surface area contributed by atoms with E-state index in [0.29, 0.717) is 23.3 Å². The number of pyridine rings is 1. The number of nitrogens with zero attached hydrogens (tertiary/aromatic N) is 1. The number of anilines is 1. The number of nitrogen functional groups attached to an aromatic ring is 1. The van der Waals surface area contributed by atoms with E-state index in [0.717, 1.165) is 6.42 Å². The van der Waals surface area contributed by atoms with E-state index in [1.165, 1.54) is 12.8 Å². The van der Waals surface area contributed by atoms with Gasteiger partial charge in [-0.25, -0.2) is 4.98 Å². The Morgan fingerprint density at radius 3 is 3.19 bits per heavy atom. The number of amides is 1. The Balaban J connectivity index is 1.92. The van der Waals surface area contributed by atoms with Crippen molar-refractivity contribution in [2.75, 3.05) is 5.73 Å². The number of carbonyl (C=O) groups excluding carboxylic acids is 1. The van der Waals surface area contributed by atoms with Crippen LogP contribution in [0.5, 0.6) is 0 Å². The molecular weight excluding hydrogens is 202 g/mol. The van der Waals surface area contributed by atoms with Gasteiger partial charge in [-0.15, -0.1) is 0 Å². The summed E-state index contributed by atoms with van der Waals surface area (Å²) in [6.45, 7) is 2.16. The lowest BCUT2D eigenvalue weighted by Crippen LogP contribution is -2.28. The standard InChI is InChI=1S/C12H17N3O/c1-2-4-8-7-10(8)15-12(16)11-9(13)5-3-6-14-11/h3,5-6,8,10H,2,4,7,13H2,1H3,(H,15,16). The van der Waals surface area contributed by atoms with Crippen molar-refractivity contribution in [1.29, 1.82) is 0 Å². The van der Waals surface area contributed by atoms with Gasteiger partial charge in [-0.05, 0) is 30.9 Å². The topological polar surface area (TPSA) is 68.0 Å². The molecule has 86 valence electrons. The van der Waals surface area contributed by atoms with Gasteiger partial charge >= 0.3 is 0 Å². The maximum absolute atomic E-state index is 11.8. The molecule has 1 aromatic rings. The third-order valence-corrected chi connectivity index (χ3v) is 2.95. The van der Waals surface area contributed by atoms with E-state index in [4.69, 9.17) is 5.73 Å². The van der Waals surface area contributed by atoms with Gasteiger partial charge < -0.3 is 11.1 Å². The van der Waals surface area contributed by atoms with Crippen LogP contribution in [-0.2, 0) is 0 Å². The van der Waals surface area contributed by atoms with E-state index in [2.05, 4.69) is 17.2 Å². The molecule has 1 amide bonds. The molecule has 1 saturated carbocycles. The number of nitrogens with one attached hydrogen (secondary N) is 1. The molecule has 4 nitrogen and oxygen atoms in total. The zero-order valence-corrected chi connectivity index (χ0v) is 9.44. The first-order chi connectivity index (χ1) is 7.72. The van der Waals surface area contributed by atoms with Gasteiger partial charge in [0.25, 0.3) is 5.91 Å². The molecule has 2 rings (SSSR count). The molecule has 0 radical (unpaired) electrons. The number of nitrogens with two attached hydrogens (primary N) is 1. The largest absolute Gasteiger partial charge is 0.397 e. The molecule has 16 heavy (non-hydrogen) atoms. The number of carbonyl (C=O) groups is 1. The summed E-state index contributed by atoms with van der Waals surface area (Å²) < 4.78 is 0. The fraction of sp³-hybridized carbons (Fsp3) is 0.500. The third kappa shape index (κ3) is 2.32. The lowest BCUT2D eigenvalue weighted by Gasteiger charge is -2.05. The summed E-state index contributed by atoms with van der Waals surface area (Å²) in [5.74, 6) is 0.501. The Labute approximate surface area is 95.3 Å². The Bertz CT molecular complexity index is 392. The van der Waals surface area contributed by atoms with Crippen LogP contribution in [0.2, 0.25) is 0 Å². The van der Waals surface area contributed by atoms with Crippen molar-refractivity contribution in [2.45, 2.75) is 32.2 Å². The van der Waals surface area contributed by atoms with Crippen molar-refractivity contribution < 1.29 is 4.79 Å². The maximum Gasteiger partial charge on any atom is 0.272 e. The number of rotatable bonds is 4. The minimum atomic E-state index is -0.151. The molecule has 1 fully saturated rings. The van der Waals surface area contributed by atoms with Gasteiger partial charge in [-0.2, -0.15) is 0 Å². The molecule has 2 atom stereocenters. The average Bonchev–Trinajstić information content (AvgIpc) is 2.97. The van der Waals surface area contributed by atoms with Crippen LogP contribution >= 0.6 is 0 Å². The maximum atomic E-state index is 11.8. The first kappa shape index (κ1) is 10.9. The predicted molar refractivity (Wildman–Crippen MR) is 62.9 cm³/mol. The monoisotopic (exact) mass is 219 g/mol. The Morgan fingerprint density at radius 1 is 1.69 bits per heavy atom. The van der Waals surface area contributed by atoms with Crippen molar-refractivity contribution in [3.63, 3.8) is 0 Å². The highest BCUT2D eigenvalue weighted by Gasteiger charge is 2.37.